The van der Waals surface area contributed by atoms with E-state index in [9.17, 15) is 0 Å². The van der Waals surface area contributed by atoms with Crippen LogP contribution >= 0.6 is 0 Å². The number of fused-ring (bicyclic) bond motifs is 15. The van der Waals surface area contributed by atoms with Crippen molar-refractivity contribution in [3.63, 3.8) is 0 Å². The highest BCUT2D eigenvalue weighted by Crippen LogP contribution is 2.53. The predicted octanol–water partition coefficient (Wildman–Crippen LogP) is 7.97. The molecule has 9 rings (SSSR count). The van der Waals surface area contributed by atoms with Crippen molar-refractivity contribution in [1.82, 2.24) is 0 Å². The quantitative estimate of drug-likeness (QED) is 0.229. The van der Waals surface area contributed by atoms with Crippen LogP contribution in [0.15, 0.2) is 84.9 Å². The van der Waals surface area contributed by atoms with E-state index < -0.39 is 0 Å². The van der Waals surface area contributed by atoms with Crippen molar-refractivity contribution in [2.45, 2.75) is 25.7 Å². The molecule has 0 heteroatoms. The highest BCUT2D eigenvalue weighted by atomic mass is 14.4. The highest BCUT2D eigenvalue weighted by Gasteiger charge is 2.34. The summed E-state index contributed by atoms with van der Waals surface area (Å²) < 4.78 is 0. The van der Waals surface area contributed by atoms with Crippen LogP contribution < -0.4 is 0 Å². The van der Waals surface area contributed by atoms with E-state index in [-0.39, 0.29) is 0 Å². The Balaban J connectivity index is 1.23. The van der Waals surface area contributed by atoms with Crippen LogP contribution in [0.3, 0.4) is 0 Å². The predicted molar refractivity (Wildman–Crippen MR) is 139 cm³/mol. The Morgan fingerprint density at radius 3 is 1.21 bits per heavy atom. The van der Waals surface area contributed by atoms with E-state index in [1.807, 2.05) is 0 Å². The Morgan fingerprint density at radius 1 is 0.294 bits per heavy atom. The first-order valence-electron chi connectivity index (χ1n) is 12.5. The van der Waals surface area contributed by atoms with Gasteiger partial charge in [0.15, 0.2) is 0 Å². The fourth-order valence-corrected chi connectivity index (χ4v) is 7.43. The molecule has 0 fully saturated rings. The lowest BCUT2D eigenvalue weighted by Crippen LogP contribution is -1.91. The number of hydrogen-bond acceptors (Lipinski definition) is 0. The topological polar surface area (TPSA) is 0 Å². The first-order chi connectivity index (χ1) is 16.8. The second kappa shape index (κ2) is 5.96. The zero-order chi connectivity index (χ0) is 22.0. The maximum absolute atomic E-state index is 2.44. The summed E-state index contributed by atoms with van der Waals surface area (Å²) in [6.45, 7) is 0. The summed E-state index contributed by atoms with van der Waals surface area (Å²) in [5.74, 6) is 0. The van der Waals surface area contributed by atoms with Gasteiger partial charge in [0.1, 0.15) is 0 Å². The van der Waals surface area contributed by atoms with Crippen molar-refractivity contribution in [3.05, 3.63) is 129 Å². The molecule has 4 aliphatic rings. The van der Waals surface area contributed by atoms with Gasteiger partial charge in [-0.2, -0.15) is 0 Å². The third-order valence-corrected chi connectivity index (χ3v) is 8.85. The van der Waals surface area contributed by atoms with E-state index >= 15 is 0 Å². The van der Waals surface area contributed by atoms with Crippen molar-refractivity contribution in [1.29, 1.82) is 0 Å². The average molecular weight is 431 g/mol. The van der Waals surface area contributed by atoms with Crippen LogP contribution in [-0.2, 0) is 25.7 Å². The Bertz CT molecular complexity index is 1620. The molecule has 0 saturated carbocycles. The van der Waals surface area contributed by atoms with E-state index in [2.05, 4.69) is 84.9 Å². The summed E-state index contributed by atoms with van der Waals surface area (Å²) in [6, 6.07) is 32.4. The summed E-state index contributed by atoms with van der Waals surface area (Å²) in [6.07, 6.45) is 4.29. The fourth-order valence-electron chi connectivity index (χ4n) is 7.43. The lowest BCUT2D eigenvalue weighted by Gasteiger charge is -2.12. The molecule has 5 aromatic rings. The Labute approximate surface area is 199 Å². The highest BCUT2D eigenvalue weighted by molar-refractivity contribution is 5.95. The lowest BCUT2D eigenvalue weighted by molar-refractivity contribution is 1.16. The second-order valence-electron chi connectivity index (χ2n) is 10.4. The molecule has 0 radical (unpaired) electrons. The van der Waals surface area contributed by atoms with E-state index in [4.69, 9.17) is 0 Å². The molecule has 0 unspecified atom stereocenters. The maximum atomic E-state index is 2.44. The van der Waals surface area contributed by atoms with E-state index in [0.29, 0.717) is 0 Å². The fraction of sp³-hybridized carbons (Fsp3) is 0.118. The van der Waals surface area contributed by atoms with Crippen LogP contribution in [0.1, 0.15) is 44.5 Å². The number of hydrogen-bond donors (Lipinski definition) is 0. The minimum Gasteiger partial charge on any atom is -0.0619 e. The average Bonchev–Trinajstić information content (AvgIpc) is 3.61. The molecule has 0 aliphatic heterocycles. The molecule has 0 spiro atoms. The van der Waals surface area contributed by atoms with Crippen LogP contribution in [0.5, 0.6) is 0 Å². The molecule has 0 heterocycles. The maximum Gasteiger partial charge on any atom is -0.000718 e. The normalized spacial score (nSPS) is 14.6. The van der Waals surface area contributed by atoms with Crippen LogP contribution in [0.25, 0.3) is 44.5 Å². The monoisotopic (exact) mass is 430 g/mol. The molecule has 4 aliphatic carbocycles. The third-order valence-electron chi connectivity index (χ3n) is 8.85. The van der Waals surface area contributed by atoms with Gasteiger partial charge in [0.25, 0.3) is 0 Å². The molecule has 0 amide bonds. The van der Waals surface area contributed by atoms with Gasteiger partial charge in [-0.25, -0.2) is 0 Å². The summed E-state index contributed by atoms with van der Waals surface area (Å²) in [7, 11) is 0. The minimum atomic E-state index is 1.07. The summed E-state index contributed by atoms with van der Waals surface area (Å²) in [5.41, 5.74) is 24.0. The van der Waals surface area contributed by atoms with Crippen LogP contribution in [0.4, 0.5) is 0 Å². The van der Waals surface area contributed by atoms with E-state index in [1.54, 1.807) is 22.3 Å². The van der Waals surface area contributed by atoms with Gasteiger partial charge in [-0.05, 0) is 115 Å². The minimum absolute atomic E-state index is 1.07. The van der Waals surface area contributed by atoms with Gasteiger partial charge in [-0.3, -0.25) is 0 Å². The molecular weight excluding hydrogens is 408 g/mol. The Hall–Kier alpha value is -3.90. The second-order valence-corrected chi connectivity index (χ2v) is 10.4. The van der Waals surface area contributed by atoms with Crippen molar-refractivity contribution >= 4 is 0 Å². The largest absolute Gasteiger partial charge is 0.0619 e. The summed E-state index contributed by atoms with van der Waals surface area (Å²) in [5, 5.41) is 0. The Kier molecular flexibility index (Phi) is 3.08. The van der Waals surface area contributed by atoms with Crippen LogP contribution in [0, 0.1) is 0 Å². The zero-order valence-corrected chi connectivity index (χ0v) is 18.9. The smallest absolute Gasteiger partial charge is 0.000718 e. The van der Waals surface area contributed by atoms with Crippen molar-refractivity contribution in [3.8, 4) is 44.5 Å². The molecule has 0 atom stereocenters. The van der Waals surface area contributed by atoms with Gasteiger partial charge in [-0.15, -0.1) is 0 Å². The van der Waals surface area contributed by atoms with Crippen LogP contribution in [-0.4, -0.2) is 0 Å². The van der Waals surface area contributed by atoms with Crippen molar-refractivity contribution in [2.75, 3.05) is 0 Å². The molecule has 0 aromatic heterocycles. The third kappa shape index (κ3) is 2.02. The Morgan fingerprint density at radius 2 is 0.706 bits per heavy atom. The molecular formula is C34H22. The molecule has 0 bridgehead atoms. The molecule has 0 N–H and O–H groups in total. The zero-order valence-electron chi connectivity index (χ0n) is 18.9. The molecule has 34 heavy (non-hydrogen) atoms. The van der Waals surface area contributed by atoms with Gasteiger partial charge < -0.3 is 0 Å². The van der Waals surface area contributed by atoms with Gasteiger partial charge >= 0.3 is 0 Å². The lowest BCUT2D eigenvalue weighted by atomic mass is 9.92. The summed E-state index contributed by atoms with van der Waals surface area (Å²) >= 11 is 0. The SMILES string of the molecule is c1ccc2c(c1)Cc1c-2ccc2c1-c1ccc3c(c1C2)Cc1ccc2c(c1-3)Cc1ccccc1-2. The molecule has 5 aromatic carbocycles. The molecule has 0 nitrogen and oxygen atoms in total. The number of rotatable bonds is 0. The summed E-state index contributed by atoms with van der Waals surface area (Å²) in [4.78, 5) is 0. The standard InChI is InChI=1S/C34H22/c1-3-7-23-19(5-1)15-31-25(23)11-9-21-17-29-27(33(21)31)13-14-28-30(29)18-22-10-12-26-24-8-4-2-6-20(24)16-32(26)34(22)28/h1-14H,15-18H2. The first kappa shape index (κ1) is 17.6. The van der Waals surface area contributed by atoms with Gasteiger partial charge in [-0.1, -0.05) is 84.9 Å². The van der Waals surface area contributed by atoms with Crippen molar-refractivity contribution < 1.29 is 0 Å². The van der Waals surface area contributed by atoms with Crippen molar-refractivity contribution in [2.24, 2.45) is 0 Å². The molecule has 158 valence electrons. The molecule has 0 saturated heterocycles. The van der Waals surface area contributed by atoms with Gasteiger partial charge in [0, 0.05) is 0 Å². The van der Waals surface area contributed by atoms with Gasteiger partial charge in [0.05, 0.1) is 0 Å². The first-order valence-corrected chi connectivity index (χ1v) is 12.5. The van der Waals surface area contributed by atoms with E-state index in [1.165, 1.54) is 66.8 Å². The van der Waals surface area contributed by atoms with Gasteiger partial charge in [0.2, 0.25) is 0 Å². The van der Waals surface area contributed by atoms with E-state index in [0.717, 1.165) is 25.7 Å². The number of benzene rings is 5. The van der Waals surface area contributed by atoms with Crippen LogP contribution in [0.2, 0.25) is 0 Å².